The second kappa shape index (κ2) is 7.49. The monoisotopic (exact) mass is 347 g/mol. The minimum absolute atomic E-state index is 0.0603. The third-order valence-corrected chi connectivity index (χ3v) is 5.00. The maximum absolute atomic E-state index is 12.3. The van der Waals surface area contributed by atoms with Crippen molar-refractivity contribution in [1.82, 2.24) is 4.90 Å². The molecule has 0 aliphatic rings. The average molecular weight is 347 g/mol. The Balaban J connectivity index is 1.95. The summed E-state index contributed by atoms with van der Waals surface area (Å²) in [6, 6.07) is 15.7. The lowest BCUT2D eigenvalue weighted by Gasteiger charge is -2.25. The van der Waals surface area contributed by atoms with Crippen LogP contribution in [0.5, 0.6) is 5.75 Å². The van der Waals surface area contributed by atoms with Gasteiger partial charge in [-0.15, -0.1) is 0 Å². The molecule has 0 saturated heterocycles. The molecule has 0 fully saturated rings. The van der Waals surface area contributed by atoms with E-state index in [4.69, 9.17) is 4.74 Å². The summed E-state index contributed by atoms with van der Waals surface area (Å²) in [5.41, 5.74) is 1.05. The van der Waals surface area contributed by atoms with Crippen molar-refractivity contribution >= 4 is 15.7 Å². The largest absolute Gasteiger partial charge is 0.484 e. The number of likely N-dealkylation sites (N-methyl/N-ethyl adjacent to an activating group) is 1. The molecule has 6 heteroatoms. The van der Waals surface area contributed by atoms with E-state index in [1.165, 1.54) is 12.1 Å². The number of nitrogens with zero attached hydrogens (tertiary/aromatic N) is 1. The molecule has 0 aliphatic heterocycles. The van der Waals surface area contributed by atoms with Crippen molar-refractivity contribution in [2.45, 2.75) is 17.9 Å². The number of amides is 1. The van der Waals surface area contributed by atoms with Gasteiger partial charge in [0, 0.05) is 13.3 Å². The topological polar surface area (TPSA) is 63.7 Å². The first kappa shape index (κ1) is 18.0. The van der Waals surface area contributed by atoms with Crippen LogP contribution in [0.2, 0.25) is 0 Å². The Morgan fingerprint density at radius 3 is 2.21 bits per heavy atom. The standard InChI is InChI=1S/C18H21NO4S/c1-14(15-7-5-4-6-8-15)19(2)18(20)13-23-16-9-11-17(12-10-16)24(3,21)22/h4-12,14H,13H2,1-3H3. The van der Waals surface area contributed by atoms with Crippen molar-refractivity contribution in [1.29, 1.82) is 0 Å². The molecule has 1 atom stereocenters. The van der Waals surface area contributed by atoms with Gasteiger partial charge in [-0.3, -0.25) is 4.79 Å². The molecule has 2 aromatic rings. The van der Waals surface area contributed by atoms with Crippen molar-refractivity contribution in [3.63, 3.8) is 0 Å². The molecule has 5 nitrogen and oxygen atoms in total. The fourth-order valence-electron chi connectivity index (χ4n) is 2.20. The molecular formula is C18H21NO4S. The van der Waals surface area contributed by atoms with Crippen molar-refractivity contribution < 1.29 is 17.9 Å². The number of carbonyl (C=O) groups excluding carboxylic acids is 1. The maximum atomic E-state index is 12.3. The van der Waals surface area contributed by atoms with Crippen LogP contribution < -0.4 is 4.74 Å². The third kappa shape index (κ3) is 4.58. The van der Waals surface area contributed by atoms with Gasteiger partial charge in [-0.1, -0.05) is 30.3 Å². The van der Waals surface area contributed by atoms with Gasteiger partial charge in [-0.2, -0.15) is 0 Å². The maximum Gasteiger partial charge on any atom is 0.260 e. The summed E-state index contributed by atoms with van der Waals surface area (Å²) in [6.07, 6.45) is 1.15. The van der Waals surface area contributed by atoms with Gasteiger partial charge in [0.05, 0.1) is 10.9 Å². The second-order valence-electron chi connectivity index (χ2n) is 5.62. The Hall–Kier alpha value is -2.34. The summed E-state index contributed by atoms with van der Waals surface area (Å²) in [7, 11) is -1.50. The molecule has 0 heterocycles. The molecule has 0 radical (unpaired) electrons. The Bertz CT molecular complexity index is 786. The van der Waals surface area contributed by atoms with Gasteiger partial charge in [0.1, 0.15) is 5.75 Å². The number of rotatable bonds is 6. The van der Waals surface area contributed by atoms with E-state index in [2.05, 4.69) is 0 Å². The first-order chi connectivity index (χ1) is 11.3. The zero-order chi connectivity index (χ0) is 17.7. The van der Waals surface area contributed by atoms with Gasteiger partial charge in [0.15, 0.2) is 16.4 Å². The van der Waals surface area contributed by atoms with Crippen LogP contribution in [-0.4, -0.2) is 39.1 Å². The van der Waals surface area contributed by atoms with Gasteiger partial charge < -0.3 is 9.64 Å². The highest BCUT2D eigenvalue weighted by atomic mass is 32.2. The van der Waals surface area contributed by atoms with Gasteiger partial charge in [-0.25, -0.2) is 8.42 Å². The molecular weight excluding hydrogens is 326 g/mol. The zero-order valence-electron chi connectivity index (χ0n) is 14.0. The summed E-state index contributed by atoms with van der Waals surface area (Å²) in [5, 5.41) is 0. The van der Waals surface area contributed by atoms with Crippen LogP contribution in [0.1, 0.15) is 18.5 Å². The predicted molar refractivity (Wildman–Crippen MR) is 92.7 cm³/mol. The van der Waals surface area contributed by atoms with Gasteiger partial charge in [-0.05, 0) is 36.8 Å². The minimum atomic E-state index is -3.24. The first-order valence-corrected chi connectivity index (χ1v) is 9.41. The molecule has 2 aromatic carbocycles. The molecule has 0 aromatic heterocycles. The van der Waals surface area contributed by atoms with Crippen LogP contribution in [-0.2, 0) is 14.6 Å². The van der Waals surface area contributed by atoms with Crippen LogP contribution >= 0.6 is 0 Å². The zero-order valence-corrected chi connectivity index (χ0v) is 14.8. The van der Waals surface area contributed by atoms with Crippen LogP contribution in [0.3, 0.4) is 0 Å². The first-order valence-electron chi connectivity index (χ1n) is 7.52. The van der Waals surface area contributed by atoms with E-state index in [1.54, 1.807) is 24.1 Å². The highest BCUT2D eigenvalue weighted by Crippen LogP contribution is 2.19. The Kier molecular flexibility index (Phi) is 5.62. The molecule has 24 heavy (non-hydrogen) atoms. The normalized spacial score (nSPS) is 12.5. The minimum Gasteiger partial charge on any atom is -0.484 e. The van der Waals surface area contributed by atoms with Crippen LogP contribution in [0.15, 0.2) is 59.5 Å². The summed E-state index contributed by atoms with van der Waals surface area (Å²) in [4.78, 5) is 14.1. The second-order valence-corrected chi connectivity index (χ2v) is 7.64. The Morgan fingerprint density at radius 2 is 1.67 bits per heavy atom. The number of carbonyl (C=O) groups is 1. The number of ether oxygens (including phenoxy) is 1. The lowest BCUT2D eigenvalue weighted by Crippen LogP contribution is -2.33. The summed E-state index contributed by atoms with van der Waals surface area (Å²) in [6.45, 7) is 1.85. The number of sulfone groups is 1. The summed E-state index contributed by atoms with van der Waals surface area (Å²) >= 11 is 0. The Labute approximate surface area is 142 Å². The SMILES string of the molecule is CC(c1ccccc1)N(C)C(=O)COc1ccc(S(C)(=O)=O)cc1. The molecule has 0 saturated carbocycles. The molecule has 0 bridgehead atoms. The van der Waals surface area contributed by atoms with Crippen LogP contribution in [0.4, 0.5) is 0 Å². The average Bonchev–Trinajstić information content (AvgIpc) is 2.58. The smallest absolute Gasteiger partial charge is 0.260 e. The van der Waals surface area contributed by atoms with Gasteiger partial charge in [0.2, 0.25) is 0 Å². The highest BCUT2D eigenvalue weighted by Gasteiger charge is 2.17. The summed E-state index contributed by atoms with van der Waals surface area (Å²) in [5.74, 6) is 0.301. The molecule has 0 N–H and O–H groups in total. The third-order valence-electron chi connectivity index (χ3n) is 3.87. The van der Waals surface area contributed by atoms with E-state index in [0.717, 1.165) is 11.8 Å². The molecule has 128 valence electrons. The molecule has 0 aliphatic carbocycles. The predicted octanol–water partition coefficient (Wildman–Crippen LogP) is 2.69. The van der Waals surface area contributed by atoms with E-state index >= 15 is 0 Å². The lowest BCUT2D eigenvalue weighted by atomic mass is 10.1. The number of benzene rings is 2. The van der Waals surface area contributed by atoms with Crippen LogP contribution in [0, 0.1) is 0 Å². The van der Waals surface area contributed by atoms with E-state index in [9.17, 15) is 13.2 Å². The van der Waals surface area contributed by atoms with Crippen molar-refractivity contribution in [2.75, 3.05) is 19.9 Å². The van der Waals surface area contributed by atoms with Gasteiger partial charge >= 0.3 is 0 Å². The lowest BCUT2D eigenvalue weighted by molar-refractivity contribution is -0.134. The molecule has 1 amide bonds. The van der Waals surface area contributed by atoms with E-state index in [0.29, 0.717) is 5.75 Å². The van der Waals surface area contributed by atoms with Crippen molar-refractivity contribution in [3.8, 4) is 5.75 Å². The molecule has 0 spiro atoms. The number of hydrogen-bond donors (Lipinski definition) is 0. The van der Waals surface area contributed by atoms with E-state index < -0.39 is 9.84 Å². The fraction of sp³-hybridized carbons (Fsp3) is 0.278. The van der Waals surface area contributed by atoms with Crippen molar-refractivity contribution in [2.24, 2.45) is 0 Å². The van der Waals surface area contributed by atoms with Crippen LogP contribution in [0.25, 0.3) is 0 Å². The Morgan fingerprint density at radius 1 is 1.08 bits per heavy atom. The van der Waals surface area contributed by atoms with Gasteiger partial charge in [0.25, 0.3) is 5.91 Å². The quantitative estimate of drug-likeness (QED) is 0.806. The molecule has 2 rings (SSSR count). The highest BCUT2D eigenvalue weighted by molar-refractivity contribution is 7.90. The summed E-state index contributed by atoms with van der Waals surface area (Å²) < 4.78 is 28.3. The number of hydrogen-bond acceptors (Lipinski definition) is 4. The van der Waals surface area contributed by atoms with Crippen molar-refractivity contribution in [3.05, 3.63) is 60.2 Å². The molecule has 1 unspecified atom stereocenters. The van der Waals surface area contributed by atoms with E-state index in [1.807, 2.05) is 37.3 Å². The van der Waals surface area contributed by atoms with E-state index in [-0.39, 0.29) is 23.5 Å². The fourth-order valence-corrected chi connectivity index (χ4v) is 2.83.